The first-order valence-electron chi connectivity index (χ1n) is 5.95. The van der Waals surface area contributed by atoms with Crippen LogP contribution in [0.3, 0.4) is 0 Å². The molecule has 1 aromatic heterocycles. The Hall–Kier alpha value is -0.800. The molecule has 0 aliphatic carbocycles. The highest BCUT2D eigenvalue weighted by atomic mass is 35.5. The van der Waals surface area contributed by atoms with Crippen LogP contribution in [-0.4, -0.2) is 41.3 Å². The van der Waals surface area contributed by atoms with Crippen LogP contribution in [0, 0.1) is 13.8 Å². The van der Waals surface area contributed by atoms with Gasteiger partial charge < -0.3 is 9.47 Å². The molecule has 3 nitrogen and oxygen atoms in total. The van der Waals surface area contributed by atoms with Crippen molar-refractivity contribution in [2.24, 2.45) is 0 Å². The number of hydrogen-bond acceptors (Lipinski definition) is 2. The zero-order chi connectivity index (χ0) is 13.0. The number of ketones is 1. The maximum absolute atomic E-state index is 11.6. The molecule has 96 valence electrons. The van der Waals surface area contributed by atoms with Crippen LogP contribution in [0.1, 0.15) is 28.7 Å². The molecular formula is C13H21ClN2O. The third kappa shape index (κ3) is 3.33. The van der Waals surface area contributed by atoms with Gasteiger partial charge in [0.25, 0.3) is 0 Å². The van der Waals surface area contributed by atoms with Crippen LogP contribution in [0.4, 0.5) is 0 Å². The van der Waals surface area contributed by atoms with Crippen molar-refractivity contribution in [2.75, 3.05) is 26.0 Å². The molecule has 0 amide bonds. The average Bonchev–Trinajstić information content (AvgIpc) is 2.61. The number of carbonyl (C=O) groups is 1. The van der Waals surface area contributed by atoms with E-state index in [1.807, 2.05) is 19.9 Å². The molecule has 0 aliphatic rings. The van der Waals surface area contributed by atoms with Gasteiger partial charge in [-0.1, -0.05) is 6.92 Å². The maximum Gasteiger partial charge on any atom is 0.179 e. The van der Waals surface area contributed by atoms with Crippen LogP contribution in [0.15, 0.2) is 6.07 Å². The first-order chi connectivity index (χ1) is 8.01. The summed E-state index contributed by atoms with van der Waals surface area (Å²) >= 11 is 5.60. The molecular weight excluding hydrogens is 236 g/mol. The fourth-order valence-corrected chi connectivity index (χ4v) is 2.07. The topological polar surface area (TPSA) is 25.2 Å². The highest BCUT2D eigenvalue weighted by Crippen LogP contribution is 2.16. The molecule has 17 heavy (non-hydrogen) atoms. The summed E-state index contributed by atoms with van der Waals surface area (Å²) in [5.41, 5.74) is 2.91. The second-order valence-electron chi connectivity index (χ2n) is 4.39. The van der Waals surface area contributed by atoms with Crippen LogP contribution < -0.4 is 0 Å². The number of alkyl halides is 1. The molecule has 0 radical (unpaired) electrons. The zero-order valence-electron chi connectivity index (χ0n) is 11.1. The van der Waals surface area contributed by atoms with E-state index in [9.17, 15) is 4.79 Å². The number of likely N-dealkylation sites (N-methyl/N-ethyl adjacent to an activating group) is 1. The lowest BCUT2D eigenvalue weighted by atomic mass is 10.2. The van der Waals surface area contributed by atoms with E-state index >= 15 is 0 Å². The van der Waals surface area contributed by atoms with Gasteiger partial charge >= 0.3 is 0 Å². The van der Waals surface area contributed by atoms with E-state index < -0.39 is 0 Å². The molecule has 4 heteroatoms. The lowest BCUT2D eigenvalue weighted by molar-refractivity contribution is 0.102. The van der Waals surface area contributed by atoms with Gasteiger partial charge in [0.1, 0.15) is 0 Å². The van der Waals surface area contributed by atoms with E-state index in [4.69, 9.17) is 11.6 Å². The molecule has 1 rings (SSSR count). The first-order valence-corrected chi connectivity index (χ1v) is 6.49. The van der Waals surface area contributed by atoms with E-state index in [1.54, 1.807) is 0 Å². The number of carbonyl (C=O) groups excluding carboxylic acids is 1. The zero-order valence-corrected chi connectivity index (χ0v) is 11.8. The largest absolute Gasteiger partial charge is 0.347 e. The molecule has 0 N–H and O–H groups in total. The van der Waals surface area contributed by atoms with Gasteiger partial charge in [-0.3, -0.25) is 4.79 Å². The SMILES string of the molecule is CCN(C)CCn1c(C)cc(C(=O)CCl)c1C. The molecule has 1 aromatic rings. The minimum absolute atomic E-state index is 0.00913. The second kappa shape index (κ2) is 6.22. The summed E-state index contributed by atoms with van der Waals surface area (Å²) in [5.74, 6) is 0.0639. The van der Waals surface area contributed by atoms with Crippen molar-refractivity contribution in [1.82, 2.24) is 9.47 Å². The Kier molecular flexibility index (Phi) is 5.22. The van der Waals surface area contributed by atoms with Crippen molar-refractivity contribution in [3.05, 3.63) is 23.0 Å². The Morgan fingerprint density at radius 2 is 2.12 bits per heavy atom. The van der Waals surface area contributed by atoms with Crippen molar-refractivity contribution >= 4 is 17.4 Å². The van der Waals surface area contributed by atoms with Gasteiger partial charge in [-0.25, -0.2) is 0 Å². The van der Waals surface area contributed by atoms with E-state index in [0.717, 1.165) is 36.6 Å². The molecule has 0 aliphatic heterocycles. The van der Waals surface area contributed by atoms with Crippen molar-refractivity contribution in [3.63, 3.8) is 0 Å². The van der Waals surface area contributed by atoms with E-state index in [-0.39, 0.29) is 11.7 Å². The molecule has 0 aromatic carbocycles. The summed E-state index contributed by atoms with van der Waals surface area (Å²) in [4.78, 5) is 13.9. The fraction of sp³-hybridized carbons (Fsp3) is 0.615. The average molecular weight is 257 g/mol. The summed E-state index contributed by atoms with van der Waals surface area (Å²) < 4.78 is 2.19. The molecule has 0 bridgehead atoms. The van der Waals surface area contributed by atoms with Crippen molar-refractivity contribution in [2.45, 2.75) is 27.3 Å². The van der Waals surface area contributed by atoms with Crippen LogP contribution in [0.2, 0.25) is 0 Å². The van der Waals surface area contributed by atoms with Gasteiger partial charge in [-0.15, -0.1) is 11.6 Å². The minimum atomic E-state index is 0.00913. The van der Waals surface area contributed by atoms with Gasteiger partial charge in [0.05, 0.1) is 5.88 Å². The molecule has 0 fully saturated rings. The highest BCUT2D eigenvalue weighted by molar-refractivity contribution is 6.30. The lowest BCUT2D eigenvalue weighted by Crippen LogP contribution is -2.23. The van der Waals surface area contributed by atoms with Gasteiger partial charge in [0.2, 0.25) is 0 Å². The van der Waals surface area contributed by atoms with Gasteiger partial charge in [-0.2, -0.15) is 0 Å². The van der Waals surface area contributed by atoms with Crippen LogP contribution in [0.25, 0.3) is 0 Å². The van der Waals surface area contributed by atoms with E-state index in [0.29, 0.717) is 0 Å². The normalized spacial score (nSPS) is 11.2. The monoisotopic (exact) mass is 256 g/mol. The minimum Gasteiger partial charge on any atom is -0.347 e. The number of halogens is 1. The van der Waals surface area contributed by atoms with Gasteiger partial charge in [0, 0.05) is 30.0 Å². The fourth-order valence-electron chi connectivity index (χ4n) is 1.93. The van der Waals surface area contributed by atoms with Crippen LogP contribution in [-0.2, 0) is 6.54 Å². The van der Waals surface area contributed by atoms with Gasteiger partial charge in [-0.05, 0) is 33.5 Å². The molecule has 0 spiro atoms. The Morgan fingerprint density at radius 1 is 1.47 bits per heavy atom. The Bertz CT molecular complexity index is 398. The molecule has 0 atom stereocenters. The summed E-state index contributed by atoms with van der Waals surface area (Å²) in [7, 11) is 2.10. The molecule has 0 unspecified atom stereocenters. The molecule has 1 heterocycles. The molecule has 0 saturated heterocycles. The summed E-state index contributed by atoms with van der Waals surface area (Å²) in [6, 6.07) is 1.94. The van der Waals surface area contributed by atoms with Crippen LogP contribution >= 0.6 is 11.6 Å². The van der Waals surface area contributed by atoms with Crippen molar-refractivity contribution < 1.29 is 4.79 Å². The Labute approximate surface area is 108 Å². The van der Waals surface area contributed by atoms with E-state index in [1.165, 1.54) is 0 Å². The number of Topliss-reactive ketones (excluding diaryl/α,β-unsaturated/α-hetero) is 1. The first kappa shape index (κ1) is 14.3. The third-order valence-corrected chi connectivity index (χ3v) is 3.48. The number of nitrogens with zero attached hydrogens (tertiary/aromatic N) is 2. The Balaban J connectivity index is 2.86. The van der Waals surface area contributed by atoms with Crippen LogP contribution in [0.5, 0.6) is 0 Å². The summed E-state index contributed by atoms with van der Waals surface area (Å²) in [6.45, 7) is 9.09. The summed E-state index contributed by atoms with van der Waals surface area (Å²) in [6.07, 6.45) is 0. The number of aromatic nitrogens is 1. The third-order valence-electron chi connectivity index (χ3n) is 3.24. The number of aryl methyl sites for hydroxylation is 1. The maximum atomic E-state index is 11.6. The lowest BCUT2D eigenvalue weighted by Gasteiger charge is -2.16. The Morgan fingerprint density at radius 3 is 2.65 bits per heavy atom. The van der Waals surface area contributed by atoms with Crippen molar-refractivity contribution in [3.8, 4) is 0 Å². The van der Waals surface area contributed by atoms with Gasteiger partial charge in [0.15, 0.2) is 5.78 Å². The predicted octanol–water partition coefficient (Wildman–Crippen LogP) is 2.48. The standard InChI is InChI=1S/C13H21ClN2O/c1-5-15(4)6-7-16-10(2)8-12(11(16)3)13(17)9-14/h8H,5-7,9H2,1-4H3. The van der Waals surface area contributed by atoms with E-state index in [2.05, 4.69) is 23.4 Å². The quantitative estimate of drug-likeness (QED) is 0.577. The summed E-state index contributed by atoms with van der Waals surface area (Å²) in [5, 5.41) is 0. The van der Waals surface area contributed by atoms with Crippen molar-refractivity contribution in [1.29, 1.82) is 0 Å². The smallest absolute Gasteiger partial charge is 0.179 e. The highest BCUT2D eigenvalue weighted by Gasteiger charge is 2.14. The number of hydrogen-bond donors (Lipinski definition) is 0. The second-order valence-corrected chi connectivity index (χ2v) is 4.66. The molecule has 0 saturated carbocycles. The predicted molar refractivity (Wildman–Crippen MR) is 72.1 cm³/mol. The number of rotatable bonds is 6.